The Bertz CT molecular complexity index is 1190. The molecule has 31 heavy (non-hydrogen) atoms. The number of carbonyl (C=O) groups excluding carboxylic acids is 1. The zero-order valence-electron chi connectivity index (χ0n) is 17.6. The number of hydrogen-bond acceptors (Lipinski definition) is 4. The Kier molecular flexibility index (Phi) is 5.69. The molecule has 0 saturated heterocycles. The Labute approximate surface area is 183 Å². The molecule has 6 nitrogen and oxygen atoms in total. The van der Waals surface area contributed by atoms with Gasteiger partial charge < -0.3 is 10.2 Å². The zero-order valence-corrected chi connectivity index (χ0v) is 18.4. The van der Waals surface area contributed by atoms with Gasteiger partial charge in [-0.15, -0.1) is 0 Å². The van der Waals surface area contributed by atoms with Gasteiger partial charge in [-0.2, -0.15) is 0 Å². The Hall–Kier alpha value is -3.32. The Morgan fingerprint density at radius 1 is 1.03 bits per heavy atom. The van der Waals surface area contributed by atoms with E-state index in [0.717, 1.165) is 17.8 Å². The number of nitrogens with one attached hydrogen (secondary N) is 1. The molecule has 3 aromatic rings. The van der Waals surface area contributed by atoms with E-state index in [0.29, 0.717) is 29.9 Å². The fourth-order valence-electron chi connectivity index (χ4n) is 3.81. The van der Waals surface area contributed by atoms with Gasteiger partial charge in [-0.3, -0.25) is 9.10 Å². The quantitative estimate of drug-likeness (QED) is 0.638. The number of sulfonamides is 1. The molecule has 1 amide bonds. The number of nitrogens with zero attached hydrogens (tertiary/aromatic N) is 2. The summed E-state index contributed by atoms with van der Waals surface area (Å²) >= 11 is 0. The number of amides is 1. The van der Waals surface area contributed by atoms with Gasteiger partial charge in [0.05, 0.1) is 11.9 Å². The molecule has 7 heteroatoms. The van der Waals surface area contributed by atoms with E-state index in [1.54, 1.807) is 18.2 Å². The van der Waals surface area contributed by atoms with Crippen molar-refractivity contribution in [3.05, 3.63) is 89.5 Å². The largest absolute Gasteiger partial charge is 0.370 e. The molecular weight excluding hydrogens is 410 g/mol. The van der Waals surface area contributed by atoms with Crippen LogP contribution in [0.2, 0.25) is 0 Å². The predicted octanol–water partition coefficient (Wildman–Crippen LogP) is 3.90. The van der Waals surface area contributed by atoms with E-state index in [1.165, 1.54) is 16.1 Å². The summed E-state index contributed by atoms with van der Waals surface area (Å²) in [5, 5.41) is 2.92. The summed E-state index contributed by atoms with van der Waals surface area (Å²) in [6.07, 6.45) is 1.80. The van der Waals surface area contributed by atoms with Gasteiger partial charge in [0.2, 0.25) is 10.0 Å². The molecule has 0 aliphatic carbocycles. The molecular formula is C24H25N3O3S. The molecule has 0 bridgehead atoms. The fourth-order valence-corrected chi connectivity index (χ4v) is 4.77. The van der Waals surface area contributed by atoms with Gasteiger partial charge in [0, 0.05) is 37.1 Å². The minimum absolute atomic E-state index is 0.217. The lowest BCUT2D eigenvalue weighted by Crippen LogP contribution is -2.27. The topological polar surface area (TPSA) is 69.7 Å². The molecule has 0 spiro atoms. The molecule has 0 saturated carbocycles. The summed E-state index contributed by atoms with van der Waals surface area (Å²) in [5.74, 6) is -0.217. The molecule has 1 N–H and O–H groups in total. The number of carbonyl (C=O) groups is 1. The summed E-state index contributed by atoms with van der Waals surface area (Å²) in [4.78, 5) is 14.8. The zero-order chi connectivity index (χ0) is 22.0. The maximum atomic E-state index is 12.7. The van der Waals surface area contributed by atoms with Crippen LogP contribution in [0.25, 0.3) is 0 Å². The van der Waals surface area contributed by atoms with E-state index in [4.69, 9.17) is 0 Å². The highest BCUT2D eigenvalue weighted by Crippen LogP contribution is 2.31. The van der Waals surface area contributed by atoms with E-state index < -0.39 is 10.0 Å². The van der Waals surface area contributed by atoms with Gasteiger partial charge in [0.15, 0.2) is 0 Å². The minimum Gasteiger partial charge on any atom is -0.370 e. The predicted molar refractivity (Wildman–Crippen MR) is 125 cm³/mol. The number of hydrogen-bond donors (Lipinski definition) is 1. The monoisotopic (exact) mass is 435 g/mol. The van der Waals surface area contributed by atoms with Crippen molar-refractivity contribution < 1.29 is 13.2 Å². The summed E-state index contributed by atoms with van der Waals surface area (Å²) < 4.78 is 25.1. The lowest BCUT2D eigenvalue weighted by Gasteiger charge is -2.20. The van der Waals surface area contributed by atoms with Crippen LogP contribution in [0.5, 0.6) is 0 Å². The van der Waals surface area contributed by atoms with Crippen molar-refractivity contribution in [1.29, 1.82) is 0 Å². The van der Waals surface area contributed by atoms with Crippen molar-refractivity contribution >= 4 is 33.0 Å². The van der Waals surface area contributed by atoms with Crippen LogP contribution in [0.15, 0.2) is 72.8 Å². The van der Waals surface area contributed by atoms with Crippen molar-refractivity contribution in [2.75, 3.05) is 34.4 Å². The SMILES string of the molecule is CN(Cc1ccccc1)c1ccc(NC(=O)c2ccc3c(c2)CCN3S(C)(=O)=O)cc1. The van der Waals surface area contributed by atoms with Gasteiger partial charge in [0.1, 0.15) is 0 Å². The second-order valence-electron chi connectivity index (χ2n) is 7.77. The van der Waals surface area contributed by atoms with Gasteiger partial charge in [0.25, 0.3) is 5.91 Å². The highest BCUT2D eigenvalue weighted by molar-refractivity contribution is 7.92. The maximum absolute atomic E-state index is 12.7. The first-order valence-electron chi connectivity index (χ1n) is 10.1. The van der Waals surface area contributed by atoms with Crippen molar-refractivity contribution in [2.45, 2.75) is 13.0 Å². The molecule has 0 atom stereocenters. The highest BCUT2D eigenvalue weighted by Gasteiger charge is 2.26. The molecule has 4 rings (SSSR count). The summed E-state index contributed by atoms with van der Waals surface area (Å²) in [7, 11) is -1.27. The van der Waals surface area contributed by atoms with Crippen molar-refractivity contribution in [3.63, 3.8) is 0 Å². The van der Waals surface area contributed by atoms with Crippen LogP contribution >= 0.6 is 0 Å². The smallest absolute Gasteiger partial charge is 0.255 e. The number of benzene rings is 3. The number of anilines is 3. The maximum Gasteiger partial charge on any atom is 0.255 e. The molecule has 0 aromatic heterocycles. The molecule has 0 radical (unpaired) electrons. The third-order valence-electron chi connectivity index (χ3n) is 5.42. The molecule has 1 aliphatic rings. The first-order chi connectivity index (χ1) is 14.8. The minimum atomic E-state index is -3.30. The lowest BCUT2D eigenvalue weighted by molar-refractivity contribution is 0.102. The Morgan fingerprint density at radius 3 is 2.42 bits per heavy atom. The Morgan fingerprint density at radius 2 is 1.74 bits per heavy atom. The molecule has 0 fully saturated rings. The van der Waals surface area contributed by atoms with Gasteiger partial charge in [-0.05, 0) is 60.0 Å². The van der Waals surface area contributed by atoms with E-state index in [2.05, 4.69) is 22.3 Å². The van der Waals surface area contributed by atoms with Crippen LogP contribution in [0.4, 0.5) is 17.1 Å². The fraction of sp³-hybridized carbons (Fsp3) is 0.208. The molecule has 3 aromatic carbocycles. The summed E-state index contributed by atoms with van der Waals surface area (Å²) in [6.45, 7) is 1.21. The first-order valence-corrected chi connectivity index (χ1v) is 11.9. The lowest BCUT2D eigenvalue weighted by atomic mass is 10.1. The van der Waals surface area contributed by atoms with Crippen molar-refractivity contribution in [2.24, 2.45) is 0 Å². The number of fused-ring (bicyclic) bond motifs is 1. The molecule has 1 heterocycles. The van der Waals surface area contributed by atoms with E-state index >= 15 is 0 Å². The van der Waals surface area contributed by atoms with Crippen LogP contribution in [-0.4, -0.2) is 34.2 Å². The normalized spacial score (nSPS) is 13.0. The van der Waals surface area contributed by atoms with Crippen LogP contribution in [-0.2, 0) is 23.0 Å². The van der Waals surface area contributed by atoms with Crippen LogP contribution < -0.4 is 14.5 Å². The van der Waals surface area contributed by atoms with Crippen LogP contribution in [0.1, 0.15) is 21.5 Å². The molecule has 1 aliphatic heterocycles. The Balaban J connectivity index is 1.42. The molecule has 160 valence electrons. The second kappa shape index (κ2) is 8.43. The van der Waals surface area contributed by atoms with Crippen LogP contribution in [0, 0.1) is 0 Å². The van der Waals surface area contributed by atoms with E-state index in [9.17, 15) is 13.2 Å². The van der Waals surface area contributed by atoms with Crippen molar-refractivity contribution in [1.82, 2.24) is 0 Å². The first kappa shape index (κ1) is 20.9. The van der Waals surface area contributed by atoms with Gasteiger partial charge in [-0.1, -0.05) is 30.3 Å². The average Bonchev–Trinajstić information content (AvgIpc) is 3.19. The summed E-state index contributed by atoms with van der Waals surface area (Å²) in [6, 6.07) is 23.1. The second-order valence-corrected chi connectivity index (χ2v) is 9.68. The standard InChI is InChI=1S/C24H25N3O3S/c1-26(17-18-6-4-3-5-7-18)22-11-9-21(10-12-22)25-24(28)20-8-13-23-19(16-20)14-15-27(23)31(2,29)30/h3-13,16H,14-15,17H2,1-2H3,(H,25,28). The van der Waals surface area contributed by atoms with Gasteiger partial charge >= 0.3 is 0 Å². The van der Waals surface area contributed by atoms with Crippen LogP contribution in [0.3, 0.4) is 0 Å². The highest BCUT2D eigenvalue weighted by atomic mass is 32.2. The molecule has 0 unspecified atom stereocenters. The van der Waals surface area contributed by atoms with E-state index in [-0.39, 0.29) is 5.91 Å². The number of rotatable bonds is 6. The van der Waals surface area contributed by atoms with E-state index in [1.807, 2.05) is 49.5 Å². The third kappa shape index (κ3) is 4.72. The van der Waals surface area contributed by atoms with Gasteiger partial charge in [-0.25, -0.2) is 8.42 Å². The average molecular weight is 436 g/mol. The third-order valence-corrected chi connectivity index (χ3v) is 6.60. The summed E-state index contributed by atoms with van der Waals surface area (Å²) in [5.41, 5.74) is 5.04. The van der Waals surface area contributed by atoms with Crippen molar-refractivity contribution in [3.8, 4) is 0 Å².